The van der Waals surface area contributed by atoms with Crippen LogP contribution in [0.5, 0.6) is 0 Å². The molecule has 2 aliphatic rings. The number of hydrogen-bond acceptors (Lipinski definition) is 4. The Morgan fingerprint density at radius 3 is 1.87 bits per heavy atom. The summed E-state index contributed by atoms with van der Waals surface area (Å²) in [6.45, 7) is 6.69. The third-order valence-electron chi connectivity index (χ3n) is 8.19. The van der Waals surface area contributed by atoms with Crippen LogP contribution < -0.4 is 10.4 Å². The number of ketones is 2. The number of halogens is 3. The number of fused-ring (bicyclic) bond motifs is 1. The minimum absolute atomic E-state index is 0.00353. The molecule has 0 radical (unpaired) electrons. The Bertz CT molecular complexity index is 1300. The number of nitrogens with zero attached hydrogens (tertiary/aromatic N) is 1. The van der Waals surface area contributed by atoms with E-state index in [0.717, 1.165) is 25.0 Å². The monoisotopic (exact) mass is 551 g/mol. The van der Waals surface area contributed by atoms with Gasteiger partial charge in [-0.05, 0) is 52.2 Å². The molecule has 39 heavy (non-hydrogen) atoms. The number of benzene rings is 2. The van der Waals surface area contributed by atoms with Crippen molar-refractivity contribution in [2.45, 2.75) is 57.4 Å². The molecule has 1 heterocycles. The average Bonchev–Trinajstić information content (AvgIpc) is 3.42. The molecule has 2 saturated carbocycles. The Morgan fingerprint density at radius 1 is 0.846 bits per heavy atom. The van der Waals surface area contributed by atoms with Crippen molar-refractivity contribution in [1.82, 2.24) is 4.98 Å². The Hall–Kier alpha value is -3.10. The third kappa shape index (κ3) is 5.24. The zero-order valence-corrected chi connectivity index (χ0v) is 23.2. The van der Waals surface area contributed by atoms with Gasteiger partial charge in [-0.1, -0.05) is 87.5 Å². The van der Waals surface area contributed by atoms with Gasteiger partial charge in [0.05, 0.1) is 6.42 Å². The lowest BCUT2D eigenvalue weighted by Gasteiger charge is -2.45. The molecule has 0 amide bonds. The number of pyridine rings is 1. The van der Waals surface area contributed by atoms with Gasteiger partial charge in [-0.15, -0.1) is 0 Å². The molecule has 1 aromatic heterocycles. The molecule has 0 spiro atoms. The van der Waals surface area contributed by atoms with Crippen LogP contribution in [0.1, 0.15) is 56.2 Å². The molecule has 3 aromatic rings. The van der Waals surface area contributed by atoms with Crippen molar-refractivity contribution in [2.24, 2.45) is 17.8 Å². The third-order valence-corrected chi connectivity index (χ3v) is 13.3. The first-order valence-electron chi connectivity index (χ1n) is 13.3. The van der Waals surface area contributed by atoms with Crippen LogP contribution in [0.2, 0.25) is 5.04 Å². The van der Waals surface area contributed by atoms with Gasteiger partial charge in [0, 0.05) is 12.0 Å². The second-order valence-electron chi connectivity index (χ2n) is 11.7. The second kappa shape index (κ2) is 10.1. The Balaban J connectivity index is 1.29. The topological polar surface area (TPSA) is 56.3 Å². The molecule has 2 aliphatic carbocycles. The molecule has 204 valence electrons. The molecular weight excluding hydrogens is 519 g/mol. The van der Waals surface area contributed by atoms with Crippen molar-refractivity contribution < 1.29 is 27.2 Å². The van der Waals surface area contributed by atoms with Gasteiger partial charge >= 0.3 is 6.18 Å². The molecule has 0 N–H and O–H groups in total. The predicted octanol–water partition coefficient (Wildman–Crippen LogP) is 5.84. The summed E-state index contributed by atoms with van der Waals surface area (Å²) in [6, 6.07) is 24.0. The van der Waals surface area contributed by atoms with E-state index in [0.29, 0.717) is 0 Å². The summed E-state index contributed by atoms with van der Waals surface area (Å²) in [6.07, 6.45) is -3.60. The summed E-state index contributed by atoms with van der Waals surface area (Å²) < 4.78 is 46.2. The van der Waals surface area contributed by atoms with Crippen molar-refractivity contribution in [2.75, 3.05) is 0 Å². The van der Waals surface area contributed by atoms with Crippen LogP contribution in [0.15, 0.2) is 78.9 Å². The molecule has 5 rings (SSSR count). The highest BCUT2D eigenvalue weighted by atomic mass is 28.4. The van der Waals surface area contributed by atoms with Gasteiger partial charge < -0.3 is 4.43 Å². The fourth-order valence-corrected chi connectivity index (χ4v) is 11.1. The molecule has 2 unspecified atom stereocenters. The van der Waals surface area contributed by atoms with Gasteiger partial charge in [0.15, 0.2) is 5.78 Å². The zero-order valence-electron chi connectivity index (χ0n) is 22.2. The summed E-state index contributed by atoms with van der Waals surface area (Å²) >= 11 is 0. The van der Waals surface area contributed by atoms with E-state index in [9.17, 15) is 22.8 Å². The smallest absolute Gasteiger partial charge is 0.404 e. The van der Waals surface area contributed by atoms with E-state index < -0.39 is 32.4 Å². The number of hydrogen-bond donors (Lipinski definition) is 0. The molecule has 0 aliphatic heterocycles. The van der Waals surface area contributed by atoms with Gasteiger partial charge in [-0.3, -0.25) is 9.59 Å². The van der Waals surface area contributed by atoms with Gasteiger partial charge in [-0.2, -0.15) is 13.2 Å². The highest BCUT2D eigenvalue weighted by Gasteiger charge is 2.61. The fourth-order valence-electron chi connectivity index (χ4n) is 6.42. The lowest BCUT2D eigenvalue weighted by atomic mass is 10.0. The average molecular weight is 552 g/mol. The SMILES string of the molecule is CC(C)(C)[Si](OC1C[C@@H]2C(C(=O)CC(=O)c3cccc(C(F)(F)F)n3)[C@@H]2C1)(c1ccccc1)c1ccccc1. The standard InChI is InChI=1S/C31H32F3NO3Si/c1-30(2,3)39(21-11-6-4-7-12-21,22-13-8-5-9-14-22)38-20-17-23-24(18-20)29(23)27(37)19-26(36)25-15-10-16-28(35-25)31(32,33)34/h4-16,20,23-24,29H,17-19H2,1-3H3/t20?,23-,24+,29?. The van der Waals surface area contributed by atoms with Crippen molar-refractivity contribution in [3.63, 3.8) is 0 Å². The zero-order chi connectivity index (χ0) is 28.0. The Labute approximate surface area is 227 Å². The summed E-state index contributed by atoms with van der Waals surface area (Å²) in [5.74, 6) is -0.834. The molecule has 2 fully saturated rings. The van der Waals surface area contributed by atoms with Gasteiger partial charge in [-0.25, -0.2) is 4.98 Å². The van der Waals surface area contributed by atoms with Crippen molar-refractivity contribution >= 4 is 30.3 Å². The van der Waals surface area contributed by atoms with Crippen LogP contribution in [0.3, 0.4) is 0 Å². The Morgan fingerprint density at radius 2 is 1.38 bits per heavy atom. The van der Waals surface area contributed by atoms with Crippen LogP contribution in [0, 0.1) is 17.8 Å². The molecular formula is C31H32F3NO3Si. The van der Waals surface area contributed by atoms with Crippen LogP contribution in [-0.2, 0) is 15.4 Å². The van der Waals surface area contributed by atoms with E-state index in [2.05, 4.69) is 50.0 Å². The molecule has 0 saturated heterocycles. The van der Waals surface area contributed by atoms with E-state index in [1.54, 1.807) is 0 Å². The van der Waals surface area contributed by atoms with Crippen LogP contribution in [0.25, 0.3) is 0 Å². The first-order chi connectivity index (χ1) is 18.4. The first kappa shape index (κ1) is 27.5. The molecule has 8 heteroatoms. The number of carbonyl (C=O) groups is 2. The quantitative estimate of drug-likeness (QED) is 0.200. The second-order valence-corrected chi connectivity index (χ2v) is 16.0. The summed E-state index contributed by atoms with van der Waals surface area (Å²) in [5.41, 5.74) is -1.45. The molecule has 0 bridgehead atoms. The molecule has 4 nitrogen and oxygen atoms in total. The lowest BCUT2D eigenvalue weighted by Crippen LogP contribution is -2.67. The van der Waals surface area contributed by atoms with Gasteiger partial charge in [0.25, 0.3) is 8.32 Å². The summed E-state index contributed by atoms with van der Waals surface area (Å²) in [5, 5.41) is 2.26. The Kier molecular flexibility index (Phi) is 7.14. The van der Waals surface area contributed by atoms with Gasteiger partial charge in [0.2, 0.25) is 0 Å². The summed E-state index contributed by atoms with van der Waals surface area (Å²) in [7, 11) is -2.70. The van der Waals surface area contributed by atoms with E-state index in [4.69, 9.17) is 4.43 Å². The molecule has 2 aromatic carbocycles. The minimum atomic E-state index is -4.64. The number of alkyl halides is 3. The van der Waals surface area contributed by atoms with Crippen LogP contribution in [0.4, 0.5) is 13.2 Å². The first-order valence-corrected chi connectivity index (χ1v) is 15.2. The van der Waals surface area contributed by atoms with Crippen LogP contribution in [-0.4, -0.2) is 31.0 Å². The number of aromatic nitrogens is 1. The van der Waals surface area contributed by atoms with Crippen molar-refractivity contribution in [1.29, 1.82) is 0 Å². The van der Waals surface area contributed by atoms with E-state index in [-0.39, 0.29) is 40.4 Å². The predicted molar refractivity (Wildman–Crippen MR) is 145 cm³/mol. The maximum Gasteiger partial charge on any atom is 0.433 e. The van der Waals surface area contributed by atoms with Crippen molar-refractivity contribution in [3.05, 3.63) is 90.3 Å². The van der Waals surface area contributed by atoms with Crippen LogP contribution >= 0.6 is 0 Å². The van der Waals surface area contributed by atoms with E-state index in [1.807, 2.05) is 36.4 Å². The van der Waals surface area contributed by atoms with E-state index in [1.165, 1.54) is 16.4 Å². The maximum atomic E-state index is 13.0. The highest BCUT2D eigenvalue weighted by Crippen LogP contribution is 2.59. The normalized spacial score (nSPS) is 22.8. The van der Waals surface area contributed by atoms with Gasteiger partial charge in [0.1, 0.15) is 17.2 Å². The largest absolute Gasteiger partial charge is 0.433 e. The van der Waals surface area contributed by atoms with Crippen molar-refractivity contribution in [3.8, 4) is 0 Å². The van der Waals surface area contributed by atoms with E-state index >= 15 is 0 Å². The fraction of sp³-hybridized carbons (Fsp3) is 0.387. The number of carbonyl (C=O) groups excluding carboxylic acids is 2. The maximum absolute atomic E-state index is 13.0. The highest BCUT2D eigenvalue weighted by molar-refractivity contribution is 6.99. The number of rotatable bonds is 8. The minimum Gasteiger partial charge on any atom is -0.404 e. The lowest BCUT2D eigenvalue weighted by molar-refractivity contribution is -0.141. The number of Topliss-reactive ketones (excluding diaryl/α,β-unsaturated/α-hetero) is 2. The molecule has 4 atom stereocenters. The summed E-state index contributed by atoms with van der Waals surface area (Å²) in [4.78, 5) is 29.0.